The van der Waals surface area contributed by atoms with E-state index in [9.17, 15) is 0 Å². The first-order valence-electron chi connectivity index (χ1n) is 7.28. The van der Waals surface area contributed by atoms with Crippen molar-refractivity contribution < 1.29 is 0 Å². The highest BCUT2D eigenvalue weighted by Gasteiger charge is 2.14. The van der Waals surface area contributed by atoms with Crippen molar-refractivity contribution in [3.63, 3.8) is 0 Å². The highest BCUT2D eigenvalue weighted by atomic mass is 79.9. The Morgan fingerprint density at radius 1 is 1.33 bits per heavy atom. The zero-order valence-electron chi connectivity index (χ0n) is 13.4. The lowest BCUT2D eigenvalue weighted by Gasteiger charge is -2.19. The van der Waals surface area contributed by atoms with Crippen molar-refractivity contribution in [3.8, 4) is 0 Å². The Bertz CT molecular complexity index is 606. The first kappa shape index (κ1) is 16.2. The predicted octanol–water partition coefficient (Wildman–Crippen LogP) is 3.11. The van der Waals surface area contributed by atoms with Crippen LogP contribution in [-0.4, -0.2) is 25.1 Å². The summed E-state index contributed by atoms with van der Waals surface area (Å²) >= 11 is 3.63. The maximum absolute atomic E-state index is 4.52. The summed E-state index contributed by atoms with van der Waals surface area (Å²) in [6, 6.07) is 0. The number of nitrogens with one attached hydrogen (secondary N) is 1. The Morgan fingerprint density at radius 3 is 2.67 bits per heavy atom. The molecule has 0 aromatic carbocycles. The first-order chi connectivity index (χ1) is 9.80. The summed E-state index contributed by atoms with van der Waals surface area (Å²) in [4.78, 5) is 0. The van der Waals surface area contributed by atoms with Crippen LogP contribution in [0.2, 0.25) is 0 Å². The van der Waals surface area contributed by atoms with Gasteiger partial charge in [0, 0.05) is 30.4 Å². The van der Waals surface area contributed by atoms with Gasteiger partial charge in [-0.15, -0.1) is 0 Å². The smallest absolute Gasteiger partial charge is 0.0839 e. The van der Waals surface area contributed by atoms with E-state index in [-0.39, 0.29) is 5.54 Å². The zero-order chi connectivity index (χ0) is 15.6. The molecule has 0 atom stereocenters. The Kier molecular flexibility index (Phi) is 4.88. The minimum atomic E-state index is 0.114. The van der Waals surface area contributed by atoms with Gasteiger partial charge in [-0.1, -0.05) is 0 Å². The molecular weight excluding hydrogens is 330 g/mol. The molecule has 2 heterocycles. The summed E-state index contributed by atoms with van der Waals surface area (Å²) < 4.78 is 5.07. The van der Waals surface area contributed by atoms with Crippen molar-refractivity contribution in [2.75, 3.05) is 0 Å². The summed E-state index contributed by atoms with van der Waals surface area (Å²) in [7, 11) is 0. The number of hydrogen-bond acceptors (Lipinski definition) is 3. The molecular formula is C15H24BrN5. The van der Waals surface area contributed by atoms with E-state index in [1.54, 1.807) is 0 Å². The number of aryl methyl sites for hydroxylation is 2. The molecule has 0 aliphatic heterocycles. The maximum atomic E-state index is 4.52. The third kappa shape index (κ3) is 4.17. The molecule has 2 aromatic heterocycles. The van der Waals surface area contributed by atoms with Crippen LogP contribution in [-0.2, 0) is 19.6 Å². The van der Waals surface area contributed by atoms with E-state index >= 15 is 0 Å². The minimum absolute atomic E-state index is 0.114. The van der Waals surface area contributed by atoms with Crippen molar-refractivity contribution in [2.24, 2.45) is 0 Å². The van der Waals surface area contributed by atoms with Gasteiger partial charge in [-0.3, -0.25) is 9.36 Å². The van der Waals surface area contributed by atoms with Crippen LogP contribution >= 0.6 is 15.9 Å². The Hall–Kier alpha value is -1.14. The van der Waals surface area contributed by atoms with Crippen LogP contribution in [0.1, 0.15) is 44.6 Å². The molecule has 0 radical (unpaired) electrons. The molecule has 6 heteroatoms. The van der Waals surface area contributed by atoms with Crippen LogP contribution in [0.5, 0.6) is 0 Å². The van der Waals surface area contributed by atoms with Gasteiger partial charge in [0.2, 0.25) is 0 Å². The van der Waals surface area contributed by atoms with E-state index in [0.29, 0.717) is 0 Å². The van der Waals surface area contributed by atoms with Crippen LogP contribution in [0, 0.1) is 6.92 Å². The van der Waals surface area contributed by atoms with E-state index in [1.807, 2.05) is 22.5 Å². The quantitative estimate of drug-likeness (QED) is 0.898. The van der Waals surface area contributed by atoms with Gasteiger partial charge in [-0.2, -0.15) is 10.2 Å². The molecule has 0 amide bonds. The van der Waals surface area contributed by atoms with Crippen molar-refractivity contribution in [3.05, 3.63) is 33.8 Å². The lowest BCUT2D eigenvalue weighted by Crippen LogP contribution is -2.34. The SMILES string of the molecule is CCn1nc(C)c(Br)c1Cn1cc(CNC(C)(C)C)cn1. The Balaban J connectivity index is 2.09. The molecule has 21 heavy (non-hydrogen) atoms. The fourth-order valence-electron chi connectivity index (χ4n) is 2.12. The van der Waals surface area contributed by atoms with E-state index < -0.39 is 0 Å². The monoisotopic (exact) mass is 353 g/mol. The Labute approximate surface area is 134 Å². The average Bonchev–Trinajstić information content (AvgIpc) is 2.95. The fourth-order valence-corrected chi connectivity index (χ4v) is 2.53. The highest BCUT2D eigenvalue weighted by molar-refractivity contribution is 9.10. The Morgan fingerprint density at radius 2 is 2.05 bits per heavy atom. The topological polar surface area (TPSA) is 47.7 Å². The third-order valence-electron chi connectivity index (χ3n) is 3.27. The molecule has 0 saturated carbocycles. The number of aromatic nitrogens is 4. The number of nitrogens with zero attached hydrogens (tertiary/aromatic N) is 4. The molecule has 0 aliphatic rings. The number of rotatable bonds is 5. The van der Waals surface area contributed by atoms with Crippen LogP contribution < -0.4 is 5.32 Å². The van der Waals surface area contributed by atoms with Gasteiger partial charge in [-0.25, -0.2) is 0 Å². The highest BCUT2D eigenvalue weighted by Crippen LogP contribution is 2.21. The lowest BCUT2D eigenvalue weighted by atomic mass is 10.1. The van der Waals surface area contributed by atoms with E-state index in [4.69, 9.17) is 0 Å². The molecule has 0 saturated heterocycles. The normalized spacial score (nSPS) is 12.1. The van der Waals surface area contributed by atoms with Gasteiger partial charge >= 0.3 is 0 Å². The summed E-state index contributed by atoms with van der Waals surface area (Å²) in [5.41, 5.74) is 3.49. The number of halogens is 1. The van der Waals surface area contributed by atoms with Crippen molar-refractivity contribution in [1.29, 1.82) is 0 Å². The second-order valence-corrected chi connectivity index (χ2v) is 7.10. The van der Waals surface area contributed by atoms with Gasteiger partial charge in [0.15, 0.2) is 0 Å². The van der Waals surface area contributed by atoms with Crippen LogP contribution in [0.3, 0.4) is 0 Å². The molecule has 1 N–H and O–H groups in total. The molecule has 0 aliphatic carbocycles. The first-order valence-corrected chi connectivity index (χ1v) is 8.07. The lowest BCUT2D eigenvalue weighted by molar-refractivity contribution is 0.424. The number of hydrogen-bond donors (Lipinski definition) is 1. The summed E-state index contributed by atoms with van der Waals surface area (Å²) in [6.07, 6.45) is 4.01. The largest absolute Gasteiger partial charge is 0.308 e. The third-order valence-corrected chi connectivity index (χ3v) is 4.31. The molecule has 2 aromatic rings. The van der Waals surface area contributed by atoms with Crippen LogP contribution in [0.25, 0.3) is 0 Å². The van der Waals surface area contributed by atoms with E-state index in [1.165, 1.54) is 5.56 Å². The van der Waals surface area contributed by atoms with Gasteiger partial charge in [0.05, 0.1) is 28.6 Å². The van der Waals surface area contributed by atoms with E-state index in [0.717, 1.165) is 35.5 Å². The molecule has 0 fully saturated rings. The van der Waals surface area contributed by atoms with Gasteiger partial charge in [0.1, 0.15) is 0 Å². The second-order valence-electron chi connectivity index (χ2n) is 6.31. The minimum Gasteiger partial charge on any atom is -0.308 e. The summed E-state index contributed by atoms with van der Waals surface area (Å²) in [5, 5.41) is 12.4. The zero-order valence-corrected chi connectivity index (χ0v) is 15.0. The van der Waals surface area contributed by atoms with E-state index in [2.05, 4.69) is 65.3 Å². The average molecular weight is 354 g/mol. The molecule has 0 bridgehead atoms. The molecule has 0 unspecified atom stereocenters. The van der Waals surface area contributed by atoms with Crippen LogP contribution in [0.4, 0.5) is 0 Å². The van der Waals surface area contributed by atoms with Gasteiger partial charge in [-0.05, 0) is 50.5 Å². The molecule has 2 rings (SSSR count). The summed E-state index contributed by atoms with van der Waals surface area (Å²) in [6.45, 7) is 13.0. The molecule has 0 spiro atoms. The van der Waals surface area contributed by atoms with Crippen molar-refractivity contribution in [2.45, 2.75) is 59.8 Å². The van der Waals surface area contributed by atoms with Crippen LogP contribution in [0.15, 0.2) is 16.9 Å². The molecule has 116 valence electrons. The standard InChI is InChI=1S/C15H24BrN5/c1-6-21-13(14(16)11(2)19-21)10-20-9-12(8-18-20)7-17-15(3,4)5/h8-9,17H,6-7,10H2,1-5H3. The van der Waals surface area contributed by atoms with Gasteiger partial charge in [0.25, 0.3) is 0 Å². The van der Waals surface area contributed by atoms with Gasteiger partial charge < -0.3 is 5.32 Å². The molecule has 5 nitrogen and oxygen atoms in total. The van der Waals surface area contributed by atoms with Crippen molar-refractivity contribution in [1.82, 2.24) is 24.9 Å². The predicted molar refractivity (Wildman–Crippen MR) is 88.3 cm³/mol. The second kappa shape index (κ2) is 6.32. The fraction of sp³-hybridized carbons (Fsp3) is 0.600. The maximum Gasteiger partial charge on any atom is 0.0839 e. The summed E-state index contributed by atoms with van der Waals surface area (Å²) in [5.74, 6) is 0. The van der Waals surface area contributed by atoms with Crippen molar-refractivity contribution >= 4 is 15.9 Å².